The Morgan fingerprint density at radius 2 is 1.57 bits per heavy atom. The van der Waals surface area contributed by atoms with Gasteiger partial charge in [0.15, 0.2) is 5.54 Å². The Bertz CT molecular complexity index is 1050. The molecule has 3 aromatic carbocycles. The summed E-state index contributed by atoms with van der Waals surface area (Å²) in [5.41, 5.74) is 1.47. The fourth-order valence-corrected chi connectivity index (χ4v) is 3.51. The number of para-hydroxylation sites is 1. The largest absolute Gasteiger partial charge is 0.420 e. The predicted octanol–water partition coefficient (Wildman–Crippen LogP) is 5.13. The topological polar surface area (TPSA) is 53.3 Å². The molecule has 28 heavy (non-hydrogen) atoms. The van der Waals surface area contributed by atoms with Crippen LogP contribution in [0.1, 0.15) is 16.7 Å². The molecule has 136 valence electrons. The Morgan fingerprint density at radius 3 is 2.29 bits per heavy atom. The summed E-state index contributed by atoms with van der Waals surface area (Å²) in [5.74, 6) is 0.436. The van der Waals surface area contributed by atoms with Gasteiger partial charge in [0, 0.05) is 18.2 Å². The monoisotopic (exact) mass is 366 g/mol. The van der Waals surface area contributed by atoms with E-state index in [4.69, 9.17) is 4.74 Å². The van der Waals surface area contributed by atoms with Gasteiger partial charge in [0.05, 0.1) is 6.07 Å². The lowest BCUT2D eigenvalue weighted by molar-refractivity contribution is 0.134. The van der Waals surface area contributed by atoms with E-state index in [0.717, 1.165) is 16.7 Å². The van der Waals surface area contributed by atoms with Crippen LogP contribution in [0.4, 0.5) is 4.79 Å². The van der Waals surface area contributed by atoms with Gasteiger partial charge in [-0.2, -0.15) is 5.26 Å². The third kappa shape index (κ3) is 3.15. The number of rotatable bonds is 3. The highest BCUT2D eigenvalue weighted by Gasteiger charge is 2.45. The molecule has 0 fully saturated rings. The van der Waals surface area contributed by atoms with Gasteiger partial charge in [-0.25, -0.2) is 4.79 Å². The smallest absolute Gasteiger partial charge is 0.410 e. The van der Waals surface area contributed by atoms with E-state index >= 15 is 0 Å². The van der Waals surface area contributed by atoms with Crippen molar-refractivity contribution in [2.75, 3.05) is 0 Å². The number of fused-ring (bicyclic) bond motifs is 1. The van der Waals surface area contributed by atoms with Gasteiger partial charge >= 0.3 is 6.09 Å². The second-order valence-corrected chi connectivity index (χ2v) is 6.59. The van der Waals surface area contributed by atoms with E-state index in [1.807, 2.05) is 66.7 Å². The standard InChI is InChI=1S/C24H18N2O2/c25-18-24(17-19-9-3-1-4-10-19)22-14-8-7-11-20(22)15-16-26(24)23(27)28-21-12-5-2-6-13-21/h1-16H,17H2. The highest BCUT2D eigenvalue weighted by molar-refractivity contribution is 5.78. The summed E-state index contributed by atoms with van der Waals surface area (Å²) in [5, 5.41) is 10.3. The number of carbonyl (C=O) groups excluding carboxylic acids is 1. The molecular weight excluding hydrogens is 348 g/mol. The molecule has 0 saturated carbocycles. The van der Waals surface area contributed by atoms with Crippen molar-refractivity contribution in [2.24, 2.45) is 0 Å². The van der Waals surface area contributed by atoms with E-state index in [2.05, 4.69) is 6.07 Å². The van der Waals surface area contributed by atoms with Crippen LogP contribution >= 0.6 is 0 Å². The van der Waals surface area contributed by atoms with Gasteiger partial charge < -0.3 is 4.74 Å². The van der Waals surface area contributed by atoms with E-state index in [-0.39, 0.29) is 0 Å². The zero-order chi connectivity index (χ0) is 19.4. The van der Waals surface area contributed by atoms with E-state index in [1.165, 1.54) is 4.90 Å². The molecule has 1 aliphatic heterocycles. The molecule has 0 radical (unpaired) electrons. The van der Waals surface area contributed by atoms with Crippen molar-refractivity contribution in [1.29, 1.82) is 5.26 Å². The van der Waals surface area contributed by atoms with Crippen LogP contribution < -0.4 is 4.74 Å². The fraction of sp³-hybridized carbons (Fsp3) is 0.0833. The van der Waals surface area contributed by atoms with Crippen molar-refractivity contribution in [2.45, 2.75) is 12.0 Å². The van der Waals surface area contributed by atoms with Crippen LogP contribution in [-0.4, -0.2) is 11.0 Å². The number of hydrogen-bond donors (Lipinski definition) is 0. The molecule has 0 aliphatic carbocycles. The molecule has 3 aromatic rings. The SMILES string of the molecule is N#CC1(Cc2ccccc2)c2ccccc2C=CN1C(=O)Oc1ccccc1. The van der Waals surface area contributed by atoms with E-state index < -0.39 is 11.6 Å². The minimum atomic E-state index is -1.20. The van der Waals surface area contributed by atoms with Gasteiger partial charge in [0.2, 0.25) is 0 Å². The van der Waals surface area contributed by atoms with Gasteiger partial charge in [0.25, 0.3) is 0 Å². The second kappa shape index (κ2) is 7.42. The first kappa shape index (κ1) is 17.6. The van der Waals surface area contributed by atoms with E-state index in [0.29, 0.717) is 12.2 Å². The van der Waals surface area contributed by atoms with Gasteiger partial charge in [-0.15, -0.1) is 0 Å². The maximum atomic E-state index is 13.0. The Labute approximate surface area is 163 Å². The summed E-state index contributed by atoms with van der Waals surface area (Å²) in [6.07, 6.45) is 3.24. The van der Waals surface area contributed by atoms with Crippen LogP contribution in [-0.2, 0) is 12.0 Å². The van der Waals surface area contributed by atoms with E-state index in [9.17, 15) is 10.1 Å². The number of nitrogens with zero attached hydrogens (tertiary/aromatic N) is 2. The Hall–Kier alpha value is -3.84. The Kier molecular flexibility index (Phi) is 4.65. The maximum absolute atomic E-state index is 13.0. The number of benzene rings is 3. The Balaban J connectivity index is 1.78. The summed E-state index contributed by atoms with van der Waals surface area (Å²) in [4.78, 5) is 14.4. The molecule has 0 bridgehead atoms. The third-order valence-corrected chi connectivity index (χ3v) is 4.85. The molecule has 1 heterocycles. The van der Waals surface area contributed by atoms with Crippen LogP contribution in [0, 0.1) is 11.3 Å². The number of carbonyl (C=O) groups is 1. The summed E-state index contributed by atoms with van der Waals surface area (Å²) < 4.78 is 5.55. The summed E-state index contributed by atoms with van der Waals surface area (Å²) >= 11 is 0. The minimum absolute atomic E-state index is 0.357. The summed E-state index contributed by atoms with van der Waals surface area (Å²) in [6, 6.07) is 28.6. The average Bonchev–Trinajstić information content (AvgIpc) is 2.75. The van der Waals surface area contributed by atoms with Crippen molar-refractivity contribution >= 4 is 12.2 Å². The average molecular weight is 366 g/mol. The number of ether oxygens (including phenoxy) is 1. The first-order valence-electron chi connectivity index (χ1n) is 9.02. The molecule has 0 aromatic heterocycles. The lowest BCUT2D eigenvalue weighted by Crippen LogP contribution is -2.50. The first-order chi connectivity index (χ1) is 13.7. The molecule has 4 rings (SSSR count). The Morgan fingerprint density at radius 1 is 0.929 bits per heavy atom. The number of nitriles is 1. The molecule has 1 unspecified atom stereocenters. The van der Waals surface area contributed by atoms with Crippen molar-refractivity contribution in [3.05, 3.63) is 108 Å². The molecule has 0 spiro atoms. The summed E-state index contributed by atoms with van der Waals surface area (Å²) in [7, 11) is 0. The van der Waals surface area contributed by atoms with Gasteiger partial charge in [-0.3, -0.25) is 4.90 Å². The van der Waals surface area contributed by atoms with Gasteiger partial charge in [-0.1, -0.05) is 72.8 Å². The zero-order valence-electron chi connectivity index (χ0n) is 15.2. The van der Waals surface area contributed by atoms with Crippen molar-refractivity contribution in [3.63, 3.8) is 0 Å². The van der Waals surface area contributed by atoms with Crippen LogP contribution in [0.25, 0.3) is 6.08 Å². The second-order valence-electron chi connectivity index (χ2n) is 6.59. The third-order valence-electron chi connectivity index (χ3n) is 4.85. The highest BCUT2D eigenvalue weighted by atomic mass is 16.6. The molecule has 1 atom stereocenters. The van der Waals surface area contributed by atoms with Crippen LogP contribution in [0.3, 0.4) is 0 Å². The molecule has 0 saturated heterocycles. The predicted molar refractivity (Wildman–Crippen MR) is 107 cm³/mol. The lowest BCUT2D eigenvalue weighted by Gasteiger charge is -2.39. The lowest BCUT2D eigenvalue weighted by atomic mass is 9.79. The number of hydrogen-bond acceptors (Lipinski definition) is 3. The molecular formula is C24H18N2O2. The molecule has 4 nitrogen and oxygen atoms in total. The normalized spacial score (nSPS) is 17.5. The molecule has 0 N–H and O–H groups in total. The molecule has 1 amide bonds. The molecule has 4 heteroatoms. The highest BCUT2D eigenvalue weighted by Crippen LogP contribution is 2.39. The van der Waals surface area contributed by atoms with Crippen LogP contribution in [0.15, 0.2) is 91.1 Å². The molecule has 1 aliphatic rings. The van der Waals surface area contributed by atoms with Crippen molar-refractivity contribution in [1.82, 2.24) is 4.90 Å². The van der Waals surface area contributed by atoms with E-state index in [1.54, 1.807) is 30.5 Å². The van der Waals surface area contributed by atoms with Gasteiger partial charge in [0.1, 0.15) is 5.75 Å². The minimum Gasteiger partial charge on any atom is -0.410 e. The fourth-order valence-electron chi connectivity index (χ4n) is 3.51. The number of amides is 1. The first-order valence-corrected chi connectivity index (χ1v) is 9.02. The van der Waals surface area contributed by atoms with Gasteiger partial charge in [-0.05, 0) is 29.3 Å². The van der Waals surface area contributed by atoms with Crippen LogP contribution in [0.5, 0.6) is 5.75 Å². The van der Waals surface area contributed by atoms with Crippen LogP contribution in [0.2, 0.25) is 0 Å². The quantitative estimate of drug-likeness (QED) is 0.645. The summed E-state index contributed by atoms with van der Waals surface area (Å²) in [6.45, 7) is 0. The van der Waals surface area contributed by atoms with Crippen molar-refractivity contribution in [3.8, 4) is 11.8 Å². The maximum Gasteiger partial charge on any atom is 0.420 e. The zero-order valence-corrected chi connectivity index (χ0v) is 15.2. The van der Waals surface area contributed by atoms with Crippen molar-refractivity contribution < 1.29 is 9.53 Å².